The maximum absolute atomic E-state index is 5.73. The fourth-order valence-electron chi connectivity index (χ4n) is 2.84. The number of hydrogen-bond acceptors (Lipinski definition) is 7. The minimum Gasteiger partial charge on any atom is -0.497 e. The molecule has 0 bridgehead atoms. The lowest BCUT2D eigenvalue weighted by Crippen LogP contribution is -2.44. The van der Waals surface area contributed by atoms with Gasteiger partial charge in [0.1, 0.15) is 11.5 Å². The molecule has 0 amide bonds. The predicted molar refractivity (Wildman–Crippen MR) is 86.9 cm³/mol. The molecule has 7 heteroatoms. The van der Waals surface area contributed by atoms with Crippen molar-refractivity contribution in [2.24, 2.45) is 0 Å². The average molecular weight is 333 g/mol. The Balaban J connectivity index is 1.51. The third kappa shape index (κ3) is 4.46. The van der Waals surface area contributed by atoms with Crippen molar-refractivity contribution in [1.29, 1.82) is 0 Å². The normalized spacial score (nSPS) is 21.6. The van der Waals surface area contributed by atoms with Gasteiger partial charge in [0.2, 0.25) is 11.7 Å². The summed E-state index contributed by atoms with van der Waals surface area (Å²) in [6.07, 6.45) is 0.434. The maximum Gasteiger partial charge on any atom is 0.240 e. The number of rotatable bonds is 6. The van der Waals surface area contributed by atoms with Crippen LogP contribution in [0, 0.1) is 0 Å². The van der Waals surface area contributed by atoms with E-state index in [9.17, 15) is 0 Å². The first-order chi connectivity index (χ1) is 11.6. The molecule has 0 N–H and O–H groups in total. The zero-order chi connectivity index (χ0) is 16.9. The van der Waals surface area contributed by atoms with Gasteiger partial charge in [0, 0.05) is 13.1 Å². The molecule has 1 aromatic carbocycles. The minimum absolute atomic E-state index is 0.217. The van der Waals surface area contributed by atoms with Crippen molar-refractivity contribution in [1.82, 2.24) is 15.0 Å². The molecule has 0 unspecified atom stereocenters. The van der Waals surface area contributed by atoms with Crippen molar-refractivity contribution in [2.75, 3.05) is 20.2 Å². The Morgan fingerprint density at radius 3 is 2.46 bits per heavy atom. The zero-order valence-electron chi connectivity index (χ0n) is 14.3. The van der Waals surface area contributed by atoms with Crippen molar-refractivity contribution in [3.05, 3.63) is 36.0 Å². The monoisotopic (exact) mass is 333 g/mol. The number of morpholine rings is 1. The van der Waals surface area contributed by atoms with Crippen LogP contribution in [0.25, 0.3) is 0 Å². The molecule has 0 radical (unpaired) electrons. The third-order valence-electron chi connectivity index (χ3n) is 3.79. The van der Waals surface area contributed by atoms with Gasteiger partial charge in [-0.15, -0.1) is 0 Å². The van der Waals surface area contributed by atoms with Crippen molar-refractivity contribution >= 4 is 0 Å². The molecular weight excluding hydrogens is 310 g/mol. The van der Waals surface area contributed by atoms with Crippen molar-refractivity contribution < 1.29 is 18.7 Å². The number of hydrogen-bond donors (Lipinski definition) is 0. The van der Waals surface area contributed by atoms with E-state index in [1.807, 2.05) is 24.3 Å². The molecule has 2 atom stereocenters. The van der Waals surface area contributed by atoms with Crippen LogP contribution in [-0.4, -0.2) is 47.4 Å². The first-order valence-electron chi connectivity index (χ1n) is 8.08. The second-order valence-corrected chi connectivity index (χ2v) is 6.02. The highest BCUT2D eigenvalue weighted by atomic mass is 16.5. The largest absolute Gasteiger partial charge is 0.497 e. The van der Waals surface area contributed by atoms with E-state index in [0.29, 0.717) is 18.3 Å². The fraction of sp³-hybridized carbons (Fsp3) is 0.529. The topological polar surface area (TPSA) is 69.9 Å². The molecule has 3 rings (SSSR count). The van der Waals surface area contributed by atoms with Crippen LogP contribution in [0.3, 0.4) is 0 Å². The standard InChI is InChI=1S/C17H23N3O4/c1-12-8-20(9-13(2)23-12)10-17-18-16(19-24-17)11-22-15-6-4-14(21-3)5-7-15/h4-7,12-13H,8-11H2,1-3H3/t12-,13-/m0/s1. The lowest BCUT2D eigenvalue weighted by molar-refractivity contribution is -0.0725. The number of benzene rings is 1. The smallest absolute Gasteiger partial charge is 0.240 e. The molecule has 24 heavy (non-hydrogen) atoms. The summed E-state index contributed by atoms with van der Waals surface area (Å²) in [7, 11) is 1.63. The summed E-state index contributed by atoms with van der Waals surface area (Å²) >= 11 is 0. The molecule has 1 saturated heterocycles. The van der Waals surface area contributed by atoms with Crippen LogP contribution in [0.2, 0.25) is 0 Å². The number of ether oxygens (including phenoxy) is 3. The molecule has 2 heterocycles. The van der Waals surface area contributed by atoms with Gasteiger partial charge in [0.05, 0.1) is 25.9 Å². The molecule has 1 aliphatic rings. The summed E-state index contributed by atoms with van der Waals surface area (Å²) in [5.74, 6) is 2.66. The van der Waals surface area contributed by atoms with Crippen LogP contribution < -0.4 is 9.47 Å². The fourth-order valence-corrected chi connectivity index (χ4v) is 2.84. The highest BCUT2D eigenvalue weighted by Gasteiger charge is 2.23. The second kappa shape index (κ2) is 7.63. The van der Waals surface area contributed by atoms with E-state index in [-0.39, 0.29) is 18.8 Å². The van der Waals surface area contributed by atoms with Crippen LogP contribution in [0.15, 0.2) is 28.8 Å². The van der Waals surface area contributed by atoms with Gasteiger partial charge >= 0.3 is 0 Å². The Morgan fingerprint density at radius 1 is 1.12 bits per heavy atom. The molecule has 2 aromatic rings. The summed E-state index contributed by atoms with van der Waals surface area (Å²) < 4.78 is 21.8. The van der Waals surface area contributed by atoms with Crippen LogP contribution in [-0.2, 0) is 17.9 Å². The van der Waals surface area contributed by atoms with Crippen molar-refractivity contribution in [3.8, 4) is 11.5 Å². The Hall–Kier alpha value is -2.12. The predicted octanol–water partition coefficient (Wildman–Crippen LogP) is 2.27. The van der Waals surface area contributed by atoms with Gasteiger partial charge in [-0.2, -0.15) is 4.98 Å². The first-order valence-corrected chi connectivity index (χ1v) is 8.08. The van der Waals surface area contributed by atoms with Crippen LogP contribution in [0.5, 0.6) is 11.5 Å². The van der Waals surface area contributed by atoms with Gasteiger partial charge in [-0.3, -0.25) is 4.90 Å². The average Bonchev–Trinajstić information content (AvgIpc) is 3.00. The SMILES string of the molecule is COc1ccc(OCc2noc(CN3C[C@H](C)O[C@@H](C)C3)n2)cc1. The summed E-state index contributed by atoms with van der Waals surface area (Å²) in [5, 5.41) is 3.97. The molecule has 0 spiro atoms. The molecule has 1 aromatic heterocycles. The van der Waals surface area contributed by atoms with E-state index < -0.39 is 0 Å². The Kier molecular flexibility index (Phi) is 5.32. The molecule has 1 fully saturated rings. The Morgan fingerprint density at radius 2 is 1.79 bits per heavy atom. The van der Waals surface area contributed by atoms with Crippen molar-refractivity contribution in [2.45, 2.75) is 39.2 Å². The van der Waals surface area contributed by atoms with Crippen LogP contribution in [0.1, 0.15) is 25.6 Å². The van der Waals surface area contributed by atoms with Gasteiger partial charge < -0.3 is 18.7 Å². The molecule has 130 valence electrons. The molecular formula is C17H23N3O4. The molecule has 1 aliphatic heterocycles. The van der Waals surface area contributed by atoms with E-state index in [1.54, 1.807) is 7.11 Å². The third-order valence-corrected chi connectivity index (χ3v) is 3.79. The summed E-state index contributed by atoms with van der Waals surface area (Å²) in [6, 6.07) is 7.38. The van der Waals surface area contributed by atoms with E-state index >= 15 is 0 Å². The Labute approximate surface area is 141 Å². The van der Waals surface area contributed by atoms with Gasteiger partial charge in [0.25, 0.3) is 0 Å². The summed E-state index contributed by atoms with van der Waals surface area (Å²) in [4.78, 5) is 6.66. The van der Waals surface area contributed by atoms with Crippen LogP contribution in [0.4, 0.5) is 0 Å². The molecule has 0 aliphatic carbocycles. The number of aromatic nitrogens is 2. The zero-order valence-corrected chi connectivity index (χ0v) is 14.3. The highest BCUT2D eigenvalue weighted by Crippen LogP contribution is 2.18. The van der Waals surface area contributed by atoms with Gasteiger partial charge in [-0.25, -0.2) is 0 Å². The minimum atomic E-state index is 0.217. The van der Waals surface area contributed by atoms with Crippen molar-refractivity contribution in [3.63, 3.8) is 0 Å². The lowest BCUT2D eigenvalue weighted by Gasteiger charge is -2.34. The van der Waals surface area contributed by atoms with E-state index in [0.717, 1.165) is 24.6 Å². The first kappa shape index (κ1) is 16.7. The van der Waals surface area contributed by atoms with Crippen LogP contribution >= 0.6 is 0 Å². The molecule has 7 nitrogen and oxygen atoms in total. The molecule has 0 saturated carbocycles. The van der Waals surface area contributed by atoms with E-state index in [4.69, 9.17) is 18.7 Å². The van der Waals surface area contributed by atoms with E-state index in [1.165, 1.54) is 0 Å². The highest BCUT2D eigenvalue weighted by molar-refractivity contribution is 5.31. The summed E-state index contributed by atoms with van der Waals surface area (Å²) in [5.41, 5.74) is 0. The Bertz CT molecular complexity index is 634. The quantitative estimate of drug-likeness (QED) is 0.803. The van der Waals surface area contributed by atoms with Gasteiger partial charge in [-0.05, 0) is 38.1 Å². The second-order valence-electron chi connectivity index (χ2n) is 6.02. The van der Waals surface area contributed by atoms with E-state index in [2.05, 4.69) is 28.9 Å². The lowest BCUT2D eigenvalue weighted by atomic mass is 10.2. The number of methoxy groups -OCH3 is 1. The maximum atomic E-state index is 5.73. The van der Waals surface area contributed by atoms with Gasteiger partial charge in [-0.1, -0.05) is 5.16 Å². The van der Waals surface area contributed by atoms with Gasteiger partial charge in [0.15, 0.2) is 6.61 Å². The number of nitrogens with zero attached hydrogens (tertiary/aromatic N) is 3. The summed E-state index contributed by atoms with van der Waals surface area (Å²) in [6.45, 7) is 6.78.